The monoisotopic (exact) mass is 250 g/mol. The molecule has 0 fully saturated rings. The molecule has 18 heavy (non-hydrogen) atoms. The van der Waals surface area contributed by atoms with Crippen molar-refractivity contribution >= 4 is 5.91 Å². The van der Waals surface area contributed by atoms with Gasteiger partial charge >= 0.3 is 0 Å². The first-order chi connectivity index (χ1) is 8.48. The molecular formula is C14H22N2O2. The third kappa shape index (κ3) is 4.37. The van der Waals surface area contributed by atoms with E-state index in [2.05, 4.69) is 5.32 Å². The number of rotatable bonds is 6. The predicted molar refractivity (Wildman–Crippen MR) is 72.3 cm³/mol. The molecule has 1 amide bonds. The van der Waals surface area contributed by atoms with Crippen LogP contribution < -0.4 is 15.8 Å². The van der Waals surface area contributed by atoms with E-state index in [1.54, 1.807) is 0 Å². The zero-order valence-corrected chi connectivity index (χ0v) is 11.3. The zero-order valence-electron chi connectivity index (χ0n) is 11.3. The van der Waals surface area contributed by atoms with Gasteiger partial charge in [-0.05, 0) is 26.3 Å². The zero-order chi connectivity index (χ0) is 13.6. The predicted octanol–water partition coefficient (Wildman–Crippen LogP) is 1.83. The summed E-state index contributed by atoms with van der Waals surface area (Å²) in [5.74, 6) is 0.554. The highest BCUT2D eigenvalue weighted by Gasteiger charge is 2.18. The molecule has 0 atom stereocenters. The summed E-state index contributed by atoms with van der Waals surface area (Å²) in [7, 11) is 0. The SMILES string of the molecule is CCC(C)(C)NC(=O)COc1ccccc1CN. The van der Waals surface area contributed by atoms with Gasteiger partial charge in [-0.15, -0.1) is 0 Å². The van der Waals surface area contributed by atoms with Crippen molar-refractivity contribution < 1.29 is 9.53 Å². The molecule has 0 aliphatic rings. The van der Waals surface area contributed by atoms with Crippen LogP contribution in [0.3, 0.4) is 0 Å². The first-order valence-corrected chi connectivity index (χ1v) is 6.20. The molecule has 0 heterocycles. The average molecular weight is 250 g/mol. The lowest BCUT2D eigenvalue weighted by molar-refractivity contribution is -0.124. The number of hydrogen-bond acceptors (Lipinski definition) is 3. The van der Waals surface area contributed by atoms with Gasteiger partial charge in [0, 0.05) is 17.6 Å². The van der Waals surface area contributed by atoms with Crippen molar-refractivity contribution in [1.82, 2.24) is 5.32 Å². The average Bonchev–Trinajstić information content (AvgIpc) is 2.36. The van der Waals surface area contributed by atoms with Crippen LogP contribution in [0.15, 0.2) is 24.3 Å². The minimum Gasteiger partial charge on any atom is -0.483 e. The third-order valence-electron chi connectivity index (χ3n) is 2.91. The molecule has 0 aliphatic heterocycles. The maximum absolute atomic E-state index is 11.7. The van der Waals surface area contributed by atoms with Crippen LogP contribution in [0.1, 0.15) is 32.8 Å². The molecule has 0 unspecified atom stereocenters. The number of carbonyl (C=O) groups excluding carboxylic acids is 1. The molecule has 3 N–H and O–H groups in total. The molecule has 1 aromatic rings. The summed E-state index contributed by atoms with van der Waals surface area (Å²) in [6, 6.07) is 7.47. The van der Waals surface area contributed by atoms with Gasteiger partial charge in [0.25, 0.3) is 5.91 Å². The van der Waals surface area contributed by atoms with Gasteiger partial charge in [-0.25, -0.2) is 0 Å². The Morgan fingerprint density at radius 1 is 1.39 bits per heavy atom. The lowest BCUT2D eigenvalue weighted by atomic mass is 10.0. The van der Waals surface area contributed by atoms with Crippen molar-refractivity contribution in [3.05, 3.63) is 29.8 Å². The smallest absolute Gasteiger partial charge is 0.258 e. The highest BCUT2D eigenvalue weighted by Crippen LogP contribution is 2.17. The number of ether oxygens (including phenoxy) is 1. The standard InChI is InChI=1S/C14H22N2O2/c1-4-14(2,3)16-13(17)10-18-12-8-6-5-7-11(12)9-15/h5-8H,4,9-10,15H2,1-3H3,(H,16,17). The maximum Gasteiger partial charge on any atom is 0.258 e. The van der Waals surface area contributed by atoms with Crippen molar-refractivity contribution in [3.8, 4) is 5.75 Å². The van der Waals surface area contributed by atoms with Crippen molar-refractivity contribution in [1.29, 1.82) is 0 Å². The summed E-state index contributed by atoms with van der Waals surface area (Å²) in [5, 5.41) is 2.92. The second-order valence-corrected chi connectivity index (χ2v) is 4.89. The van der Waals surface area contributed by atoms with Gasteiger partial charge in [-0.1, -0.05) is 25.1 Å². The Kier molecular flexibility index (Phi) is 5.16. The summed E-state index contributed by atoms with van der Waals surface area (Å²) >= 11 is 0. The normalized spacial score (nSPS) is 11.1. The fourth-order valence-electron chi connectivity index (χ4n) is 1.46. The quantitative estimate of drug-likeness (QED) is 0.809. The second-order valence-electron chi connectivity index (χ2n) is 4.89. The van der Waals surface area contributed by atoms with Crippen LogP contribution in [0.4, 0.5) is 0 Å². The number of carbonyl (C=O) groups is 1. The number of para-hydroxylation sites is 1. The number of benzene rings is 1. The van der Waals surface area contributed by atoms with Gasteiger partial charge < -0.3 is 15.8 Å². The lowest BCUT2D eigenvalue weighted by Crippen LogP contribution is -2.44. The van der Waals surface area contributed by atoms with E-state index >= 15 is 0 Å². The topological polar surface area (TPSA) is 64.3 Å². The van der Waals surface area contributed by atoms with E-state index in [4.69, 9.17) is 10.5 Å². The Bertz CT molecular complexity index is 403. The van der Waals surface area contributed by atoms with Crippen LogP contribution >= 0.6 is 0 Å². The number of nitrogens with two attached hydrogens (primary N) is 1. The Hall–Kier alpha value is -1.55. The van der Waals surface area contributed by atoms with Crippen LogP contribution in [0.2, 0.25) is 0 Å². The molecule has 100 valence electrons. The molecule has 0 radical (unpaired) electrons. The fraction of sp³-hybridized carbons (Fsp3) is 0.500. The van der Waals surface area contributed by atoms with Gasteiger partial charge in [0.15, 0.2) is 6.61 Å². The first kappa shape index (κ1) is 14.5. The lowest BCUT2D eigenvalue weighted by Gasteiger charge is -2.24. The van der Waals surface area contributed by atoms with Crippen molar-refractivity contribution in [2.24, 2.45) is 5.73 Å². The van der Waals surface area contributed by atoms with Crippen molar-refractivity contribution in [2.75, 3.05) is 6.61 Å². The van der Waals surface area contributed by atoms with E-state index < -0.39 is 0 Å². The molecule has 0 saturated carbocycles. The van der Waals surface area contributed by atoms with Crippen LogP contribution in [0.5, 0.6) is 5.75 Å². The Morgan fingerprint density at radius 3 is 2.67 bits per heavy atom. The number of nitrogens with one attached hydrogen (secondary N) is 1. The molecule has 0 bridgehead atoms. The molecule has 0 saturated heterocycles. The van der Waals surface area contributed by atoms with Gasteiger partial charge in [-0.3, -0.25) is 4.79 Å². The second kappa shape index (κ2) is 6.40. The highest BCUT2D eigenvalue weighted by molar-refractivity contribution is 5.78. The van der Waals surface area contributed by atoms with Gasteiger partial charge in [0.1, 0.15) is 5.75 Å². The van der Waals surface area contributed by atoms with Crippen molar-refractivity contribution in [3.63, 3.8) is 0 Å². The van der Waals surface area contributed by atoms with Gasteiger partial charge in [0.2, 0.25) is 0 Å². The van der Waals surface area contributed by atoms with Gasteiger partial charge in [-0.2, -0.15) is 0 Å². The van der Waals surface area contributed by atoms with Crippen LogP contribution in [0.25, 0.3) is 0 Å². The Balaban J connectivity index is 2.52. The van der Waals surface area contributed by atoms with Crippen molar-refractivity contribution in [2.45, 2.75) is 39.3 Å². The van der Waals surface area contributed by atoms with E-state index in [0.717, 1.165) is 12.0 Å². The summed E-state index contributed by atoms with van der Waals surface area (Å²) in [6.07, 6.45) is 0.873. The van der Waals surface area contributed by atoms with E-state index in [1.165, 1.54) is 0 Å². The molecule has 0 spiro atoms. The summed E-state index contributed by atoms with van der Waals surface area (Å²) in [6.45, 7) is 6.42. The van der Waals surface area contributed by atoms with E-state index in [9.17, 15) is 4.79 Å². The number of amides is 1. The largest absolute Gasteiger partial charge is 0.483 e. The van der Waals surface area contributed by atoms with Crippen LogP contribution in [-0.2, 0) is 11.3 Å². The van der Waals surface area contributed by atoms with Crippen LogP contribution in [0, 0.1) is 0 Å². The first-order valence-electron chi connectivity index (χ1n) is 6.20. The highest BCUT2D eigenvalue weighted by atomic mass is 16.5. The van der Waals surface area contributed by atoms with Crippen LogP contribution in [-0.4, -0.2) is 18.1 Å². The molecular weight excluding hydrogens is 228 g/mol. The number of hydrogen-bond donors (Lipinski definition) is 2. The summed E-state index contributed by atoms with van der Waals surface area (Å²) in [5.41, 5.74) is 6.30. The Morgan fingerprint density at radius 2 is 2.06 bits per heavy atom. The third-order valence-corrected chi connectivity index (χ3v) is 2.91. The van der Waals surface area contributed by atoms with E-state index in [0.29, 0.717) is 12.3 Å². The molecule has 4 nitrogen and oxygen atoms in total. The maximum atomic E-state index is 11.7. The van der Waals surface area contributed by atoms with E-state index in [-0.39, 0.29) is 18.1 Å². The molecule has 0 aromatic heterocycles. The van der Waals surface area contributed by atoms with E-state index in [1.807, 2.05) is 45.0 Å². The van der Waals surface area contributed by atoms with Gasteiger partial charge in [0.05, 0.1) is 0 Å². The fourth-order valence-corrected chi connectivity index (χ4v) is 1.46. The Labute approximate surface area is 109 Å². The minimum atomic E-state index is -0.201. The minimum absolute atomic E-state index is 0.0143. The molecule has 0 aliphatic carbocycles. The molecule has 4 heteroatoms. The molecule has 1 rings (SSSR count). The summed E-state index contributed by atoms with van der Waals surface area (Å²) in [4.78, 5) is 11.7. The summed E-state index contributed by atoms with van der Waals surface area (Å²) < 4.78 is 5.49. The molecule has 1 aromatic carbocycles.